The van der Waals surface area contributed by atoms with Gasteiger partial charge in [-0.05, 0) is 36.8 Å². The van der Waals surface area contributed by atoms with Gasteiger partial charge in [0.15, 0.2) is 0 Å². The summed E-state index contributed by atoms with van der Waals surface area (Å²) < 4.78 is 16.3. The number of nitrogens with one attached hydrogen (secondary N) is 1. The van der Waals surface area contributed by atoms with Crippen molar-refractivity contribution in [3.05, 3.63) is 94.8 Å². The van der Waals surface area contributed by atoms with Gasteiger partial charge in [-0.25, -0.2) is 9.07 Å². The Hall–Kier alpha value is -3.45. The monoisotopic (exact) mass is 409 g/mol. The highest BCUT2D eigenvalue weighted by Crippen LogP contribution is 2.24. The van der Waals surface area contributed by atoms with Crippen LogP contribution < -0.4 is 5.32 Å². The van der Waals surface area contributed by atoms with E-state index in [1.54, 1.807) is 36.1 Å². The van der Waals surface area contributed by atoms with E-state index in [0.29, 0.717) is 23.6 Å². The smallest absolute Gasteiger partial charge is 0.260 e. The summed E-state index contributed by atoms with van der Waals surface area (Å²) >= 11 is 6.40. The van der Waals surface area contributed by atoms with Crippen LogP contribution in [-0.2, 0) is 6.54 Å². The van der Waals surface area contributed by atoms with E-state index >= 15 is 0 Å². The third-order valence-electron chi connectivity index (χ3n) is 4.38. The van der Waals surface area contributed by atoms with Gasteiger partial charge in [-0.1, -0.05) is 41.9 Å². The molecule has 0 radical (unpaired) electrons. The first kappa shape index (κ1) is 18.9. The number of rotatable bonds is 5. The SMILES string of the molecule is Cc1nn(-c2ccc(F)cc2)c(Cl)c1C(=O)Nc1cnn(Cc2ccccc2)c1. The molecule has 4 aromatic rings. The van der Waals surface area contributed by atoms with Crippen molar-refractivity contribution in [2.24, 2.45) is 0 Å². The van der Waals surface area contributed by atoms with Crippen LogP contribution in [-0.4, -0.2) is 25.5 Å². The van der Waals surface area contributed by atoms with Gasteiger partial charge in [0.25, 0.3) is 5.91 Å². The molecular formula is C21H17ClFN5O. The second-order valence-corrected chi connectivity index (χ2v) is 6.86. The van der Waals surface area contributed by atoms with Crippen molar-refractivity contribution in [3.63, 3.8) is 0 Å². The lowest BCUT2D eigenvalue weighted by molar-refractivity contribution is 0.102. The van der Waals surface area contributed by atoms with Crippen LogP contribution in [0.3, 0.4) is 0 Å². The summed E-state index contributed by atoms with van der Waals surface area (Å²) in [5.74, 6) is -0.751. The quantitative estimate of drug-likeness (QED) is 0.529. The number of aryl methyl sites for hydroxylation is 1. The second-order valence-electron chi connectivity index (χ2n) is 6.51. The maximum absolute atomic E-state index is 13.2. The minimum Gasteiger partial charge on any atom is -0.319 e. The Morgan fingerprint density at radius 3 is 2.59 bits per heavy atom. The standard InChI is InChI=1S/C21H17ClFN5O/c1-14-19(20(22)28(26-14)18-9-7-16(23)8-10-18)21(29)25-17-11-24-27(13-17)12-15-5-3-2-4-6-15/h2-11,13H,12H2,1H3,(H,25,29). The Labute approximate surface area is 171 Å². The lowest BCUT2D eigenvalue weighted by Gasteiger charge is -2.04. The number of anilines is 1. The number of carbonyl (C=O) groups excluding carboxylic acids is 1. The lowest BCUT2D eigenvalue weighted by Crippen LogP contribution is -2.12. The molecule has 0 fully saturated rings. The molecule has 1 N–H and O–H groups in total. The molecule has 1 amide bonds. The Morgan fingerprint density at radius 1 is 1.14 bits per heavy atom. The molecule has 8 heteroatoms. The molecule has 29 heavy (non-hydrogen) atoms. The fourth-order valence-corrected chi connectivity index (χ4v) is 3.35. The zero-order chi connectivity index (χ0) is 20.4. The number of hydrogen-bond donors (Lipinski definition) is 1. The Morgan fingerprint density at radius 2 is 1.86 bits per heavy atom. The third-order valence-corrected chi connectivity index (χ3v) is 4.73. The number of benzene rings is 2. The number of halogens is 2. The van der Waals surface area contributed by atoms with E-state index in [1.807, 2.05) is 30.3 Å². The van der Waals surface area contributed by atoms with Gasteiger partial charge in [0.2, 0.25) is 0 Å². The van der Waals surface area contributed by atoms with Crippen LogP contribution in [0.4, 0.5) is 10.1 Å². The molecule has 0 aliphatic carbocycles. The second kappa shape index (κ2) is 7.89. The van der Waals surface area contributed by atoms with Gasteiger partial charge in [0.1, 0.15) is 16.5 Å². The average Bonchev–Trinajstić information content (AvgIpc) is 3.26. The highest BCUT2D eigenvalue weighted by Gasteiger charge is 2.21. The molecule has 0 spiro atoms. The Bertz CT molecular complexity index is 1150. The summed E-state index contributed by atoms with van der Waals surface area (Å²) in [5.41, 5.74) is 2.94. The lowest BCUT2D eigenvalue weighted by atomic mass is 10.2. The molecule has 0 saturated carbocycles. The molecular weight excluding hydrogens is 393 g/mol. The van der Waals surface area contributed by atoms with Crippen LogP contribution >= 0.6 is 11.6 Å². The van der Waals surface area contributed by atoms with Crippen molar-refractivity contribution in [2.75, 3.05) is 5.32 Å². The topological polar surface area (TPSA) is 64.7 Å². The van der Waals surface area contributed by atoms with E-state index in [9.17, 15) is 9.18 Å². The molecule has 0 aliphatic rings. The molecule has 0 unspecified atom stereocenters. The van der Waals surface area contributed by atoms with E-state index in [2.05, 4.69) is 15.5 Å². The first-order valence-electron chi connectivity index (χ1n) is 8.90. The fraction of sp³-hybridized carbons (Fsp3) is 0.0952. The molecule has 2 heterocycles. The van der Waals surface area contributed by atoms with Crippen LogP contribution in [0.2, 0.25) is 5.15 Å². The summed E-state index contributed by atoms with van der Waals surface area (Å²) in [4.78, 5) is 12.8. The highest BCUT2D eigenvalue weighted by molar-refractivity contribution is 6.34. The molecule has 6 nitrogen and oxygen atoms in total. The summed E-state index contributed by atoms with van der Waals surface area (Å²) in [6.07, 6.45) is 3.33. The predicted molar refractivity (Wildman–Crippen MR) is 109 cm³/mol. The minimum absolute atomic E-state index is 0.156. The molecule has 2 aromatic heterocycles. The van der Waals surface area contributed by atoms with E-state index in [0.717, 1.165) is 5.56 Å². The van der Waals surface area contributed by atoms with Gasteiger partial charge >= 0.3 is 0 Å². The van der Waals surface area contributed by atoms with Crippen LogP contribution in [0.5, 0.6) is 0 Å². The van der Waals surface area contributed by atoms with Crippen LogP contribution in [0.15, 0.2) is 67.0 Å². The van der Waals surface area contributed by atoms with Crippen molar-refractivity contribution >= 4 is 23.2 Å². The summed E-state index contributed by atoms with van der Waals surface area (Å²) in [6, 6.07) is 15.6. The van der Waals surface area contributed by atoms with E-state index < -0.39 is 0 Å². The molecule has 0 atom stereocenters. The number of carbonyl (C=O) groups is 1. The van der Waals surface area contributed by atoms with E-state index in [4.69, 9.17) is 11.6 Å². The van der Waals surface area contributed by atoms with E-state index in [-0.39, 0.29) is 22.4 Å². The van der Waals surface area contributed by atoms with Crippen LogP contribution in [0.1, 0.15) is 21.6 Å². The molecule has 0 saturated heterocycles. The van der Waals surface area contributed by atoms with Crippen LogP contribution in [0.25, 0.3) is 5.69 Å². The Balaban J connectivity index is 1.53. The van der Waals surface area contributed by atoms with Crippen LogP contribution in [0, 0.1) is 12.7 Å². The van der Waals surface area contributed by atoms with Crippen molar-refractivity contribution in [2.45, 2.75) is 13.5 Å². The molecule has 146 valence electrons. The van der Waals surface area contributed by atoms with Gasteiger partial charge < -0.3 is 5.32 Å². The maximum atomic E-state index is 13.2. The predicted octanol–water partition coefficient (Wildman–Crippen LogP) is 4.47. The van der Waals surface area contributed by atoms with E-state index in [1.165, 1.54) is 16.8 Å². The van der Waals surface area contributed by atoms with Gasteiger partial charge in [-0.3, -0.25) is 9.48 Å². The number of nitrogens with zero attached hydrogens (tertiary/aromatic N) is 4. The maximum Gasteiger partial charge on any atom is 0.260 e. The molecule has 0 aliphatic heterocycles. The van der Waals surface area contributed by atoms with Crippen molar-refractivity contribution in [3.8, 4) is 5.69 Å². The largest absolute Gasteiger partial charge is 0.319 e. The fourth-order valence-electron chi connectivity index (χ4n) is 2.99. The first-order valence-corrected chi connectivity index (χ1v) is 9.28. The first-order chi connectivity index (χ1) is 14.0. The van der Waals surface area contributed by atoms with Crippen molar-refractivity contribution in [1.82, 2.24) is 19.6 Å². The van der Waals surface area contributed by atoms with Gasteiger partial charge in [-0.2, -0.15) is 10.2 Å². The zero-order valence-electron chi connectivity index (χ0n) is 15.5. The van der Waals surface area contributed by atoms with Crippen molar-refractivity contribution in [1.29, 1.82) is 0 Å². The molecule has 4 rings (SSSR count). The van der Waals surface area contributed by atoms with Gasteiger partial charge in [0, 0.05) is 6.20 Å². The summed E-state index contributed by atoms with van der Waals surface area (Å²) in [7, 11) is 0. The third kappa shape index (κ3) is 4.05. The van der Waals surface area contributed by atoms with Gasteiger partial charge in [-0.15, -0.1) is 0 Å². The minimum atomic E-state index is -0.389. The number of aromatic nitrogens is 4. The molecule has 0 bridgehead atoms. The number of hydrogen-bond acceptors (Lipinski definition) is 3. The summed E-state index contributed by atoms with van der Waals surface area (Å²) in [6.45, 7) is 2.29. The number of amides is 1. The van der Waals surface area contributed by atoms with Crippen molar-refractivity contribution < 1.29 is 9.18 Å². The molecule has 2 aromatic carbocycles. The summed E-state index contributed by atoms with van der Waals surface area (Å²) in [5, 5.41) is 11.5. The normalized spacial score (nSPS) is 10.9. The van der Waals surface area contributed by atoms with Gasteiger partial charge in [0.05, 0.1) is 29.8 Å². The Kier molecular flexibility index (Phi) is 5.14. The highest BCUT2D eigenvalue weighted by atomic mass is 35.5. The zero-order valence-corrected chi connectivity index (χ0v) is 16.3. The average molecular weight is 410 g/mol.